The van der Waals surface area contributed by atoms with Crippen LogP contribution in [0, 0.1) is 11.8 Å². The normalized spacial score (nSPS) is 14.6. The lowest BCUT2D eigenvalue weighted by Crippen LogP contribution is -2.59. The van der Waals surface area contributed by atoms with Gasteiger partial charge in [-0.3, -0.25) is 19.6 Å². The highest BCUT2D eigenvalue weighted by molar-refractivity contribution is 5.98. The molecule has 0 aliphatic heterocycles. The van der Waals surface area contributed by atoms with Gasteiger partial charge in [-0.1, -0.05) is 19.9 Å². The quantitative estimate of drug-likeness (QED) is 0.278. The number of nitrogens with one attached hydrogen (secondary N) is 3. The van der Waals surface area contributed by atoms with Crippen LogP contribution in [0.5, 0.6) is 0 Å². The van der Waals surface area contributed by atoms with E-state index in [1.807, 2.05) is 13.8 Å². The van der Waals surface area contributed by atoms with Gasteiger partial charge in [-0.2, -0.15) is 0 Å². The van der Waals surface area contributed by atoms with E-state index >= 15 is 0 Å². The van der Waals surface area contributed by atoms with Gasteiger partial charge < -0.3 is 20.5 Å². The number of hydrogen-bond donors (Lipinski definition) is 5. The predicted octanol–water partition coefficient (Wildman–Crippen LogP) is 0.459. The Balaban J connectivity index is 3.10. The zero-order valence-corrected chi connectivity index (χ0v) is 17.3. The molecule has 3 atom stereocenters. The number of aliphatic hydroxyl groups is 1. The number of aliphatic hydroxyl groups excluding tert-OH is 1. The molecule has 3 amide bonds. The molecule has 0 radical (unpaired) electrons. The number of hydroxylamine groups is 1. The maximum atomic E-state index is 12.9. The molecule has 0 bridgehead atoms. The number of aromatic nitrogens is 1. The van der Waals surface area contributed by atoms with E-state index in [1.54, 1.807) is 32.0 Å². The van der Waals surface area contributed by atoms with Gasteiger partial charge in [0, 0.05) is 13.3 Å². The summed E-state index contributed by atoms with van der Waals surface area (Å²) in [5.74, 6) is -3.33. The number of carbonyl (C=O) groups is 3. The average molecular weight is 410 g/mol. The molecule has 10 nitrogen and oxygen atoms in total. The van der Waals surface area contributed by atoms with E-state index in [4.69, 9.17) is 9.94 Å². The molecular formula is C19H30N4O6. The van der Waals surface area contributed by atoms with Crippen molar-refractivity contribution < 1.29 is 29.4 Å². The lowest BCUT2D eigenvalue weighted by Gasteiger charge is -2.34. The largest absolute Gasteiger partial charge is 0.382 e. The van der Waals surface area contributed by atoms with E-state index in [1.165, 1.54) is 18.8 Å². The third-order valence-corrected chi connectivity index (χ3v) is 4.51. The van der Waals surface area contributed by atoms with Gasteiger partial charge in [-0.25, -0.2) is 10.5 Å². The third kappa shape index (κ3) is 7.08. The Morgan fingerprint density at radius 2 is 1.83 bits per heavy atom. The minimum Gasteiger partial charge on any atom is -0.382 e. The van der Waals surface area contributed by atoms with Gasteiger partial charge in [0.1, 0.15) is 18.0 Å². The molecule has 1 heterocycles. The molecule has 0 unspecified atom stereocenters. The van der Waals surface area contributed by atoms with Crippen LogP contribution in [-0.2, 0) is 19.1 Å². The molecule has 10 heteroatoms. The molecule has 1 aromatic heterocycles. The molecule has 0 saturated heterocycles. The molecule has 29 heavy (non-hydrogen) atoms. The first-order valence-corrected chi connectivity index (χ1v) is 9.22. The minimum atomic E-state index is -1.78. The van der Waals surface area contributed by atoms with Crippen LogP contribution in [0.15, 0.2) is 24.4 Å². The second-order valence-electron chi connectivity index (χ2n) is 7.61. The number of pyridine rings is 1. The molecule has 0 aliphatic carbocycles. The Labute approximate surface area is 170 Å². The van der Waals surface area contributed by atoms with E-state index < -0.39 is 41.4 Å². The monoisotopic (exact) mass is 410 g/mol. The summed E-state index contributed by atoms with van der Waals surface area (Å²) in [6, 6.07) is 3.83. The maximum absolute atomic E-state index is 12.9. The Morgan fingerprint density at radius 1 is 1.17 bits per heavy atom. The van der Waals surface area contributed by atoms with Gasteiger partial charge in [0.2, 0.25) is 5.91 Å². The lowest BCUT2D eigenvalue weighted by atomic mass is 9.89. The van der Waals surface area contributed by atoms with E-state index in [-0.39, 0.29) is 12.3 Å². The van der Waals surface area contributed by atoms with Gasteiger partial charge in [0.25, 0.3) is 11.8 Å². The molecule has 0 aliphatic rings. The van der Waals surface area contributed by atoms with Crippen LogP contribution in [0.25, 0.3) is 0 Å². The zero-order chi connectivity index (χ0) is 22.2. The summed E-state index contributed by atoms with van der Waals surface area (Å²) in [4.78, 5) is 41.4. The maximum Gasteiger partial charge on any atom is 0.272 e. The number of rotatable bonds is 10. The number of amides is 3. The standard InChI is InChI=1S/C19H30N4O6/c1-11(2)10-12(14(24)17(26)23-28)16(25)22-15(19(3,4)29-5)18(27)21-13-8-6-7-9-20-13/h6-9,11-12,14-15,24,28H,10H2,1-5H3,(H,22,25)(H,23,26)(H,20,21,27)/t12-,14+,15+/m1/s1. The van der Waals surface area contributed by atoms with Crippen molar-refractivity contribution in [1.82, 2.24) is 15.8 Å². The Morgan fingerprint density at radius 3 is 2.31 bits per heavy atom. The molecule has 0 fully saturated rings. The fraction of sp³-hybridized carbons (Fsp3) is 0.579. The second kappa shape index (κ2) is 10.8. The number of hydrogen-bond acceptors (Lipinski definition) is 7. The third-order valence-electron chi connectivity index (χ3n) is 4.51. The first-order chi connectivity index (χ1) is 13.5. The molecule has 1 rings (SSSR count). The molecule has 5 N–H and O–H groups in total. The van der Waals surface area contributed by atoms with Crippen LogP contribution in [0.1, 0.15) is 34.1 Å². The first-order valence-electron chi connectivity index (χ1n) is 9.22. The highest BCUT2D eigenvalue weighted by Gasteiger charge is 2.40. The smallest absolute Gasteiger partial charge is 0.272 e. The van der Waals surface area contributed by atoms with Crippen molar-refractivity contribution in [3.8, 4) is 0 Å². The average Bonchev–Trinajstić information content (AvgIpc) is 2.69. The molecule has 0 saturated carbocycles. The van der Waals surface area contributed by atoms with Crippen molar-refractivity contribution in [3.05, 3.63) is 24.4 Å². The number of carbonyl (C=O) groups excluding carboxylic acids is 3. The fourth-order valence-electron chi connectivity index (χ4n) is 2.69. The Bertz CT molecular complexity index is 695. The van der Waals surface area contributed by atoms with E-state index in [0.29, 0.717) is 5.82 Å². The summed E-state index contributed by atoms with van der Waals surface area (Å²) in [5, 5.41) is 24.1. The van der Waals surface area contributed by atoms with Crippen molar-refractivity contribution >= 4 is 23.5 Å². The number of ether oxygens (including phenoxy) is 1. The van der Waals surface area contributed by atoms with Gasteiger partial charge in [-0.15, -0.1) is 0 Å². The summed E-state index contributed by atoms with van der Waals surface area (Å²) < 4.78 is 5.37. The van der Waals surface area contributed by atoms with Gasteiger partial charge in [0.15, 0.2) is 0 Å². The van der Waals surface area contributed by atoms with Crippen molar-refractivity contribution in [3.63, 3.8) is 0 Å². The number of nitrogens with zero attached hydrogens (tertiary/aromatic N) is 1. The second-order valence-corrected chi connectivity index (χ2v) is 7.61. The highest BCUT2D eigenvalue weighted by Crippen LogP contribution is 2.20. The van der Waals surface area contributed by atoms with E-state index in [0.717, 1.165) is 0 Å². The summed E-state index contributed by atoms with van der Waals surface area (Å²) in [6.07, 6.45) is -0.122. The van der Waals surface area contributed by atoms with Gasteiger partial charge >= 0.3 is 0 Å². The summed E-state index contributed by atoms with van der Waals surface area (Å²) in [6.45, 7) is 6.86. The van der Waals surface area contributed by atoms with Crippen LogP contribution in [-0.4, -0.2) is 57.9 Å². The summed E-state index contributed by atoms with van der Waals surface area (Å²) in [7, 11) is 1.40. The number of methoxy groups -OCH3 is 1. The molecular weight excluding hydrogens is 380 g/mol. The van der Waals surface area contributed by atoms with Gasteiger partial charge in [-0.05, 0) is 38.3 Å². The molecule has 1 aromatic rings. The minimum absolute atomic E-state index is 0.0388. The van der Waals surface area contributed by atoms with Crippen molar-refractivity contribution in [1.29, 1.82) is 0 Å². The fourth-order valence-corrected chi connectivity index (χ4v) is 2.69. The van der Waals surface area contributed by atoms with Gasteiger partial charge in [0.05, 0.1) is 11.5 Å². The molecule has 0 aromatic carbocycles. The van der Waals surface area contributed by atoms with Crippen LogP contribution in [0.4, 0.5) is 5.82 Å². The van der Waals surface area contributed by atoms with Crippen LogP contribution < -0.4 is 16.1 Å². The molecule has 162 valence electrons. The van der Waals surface area contributed by atoms with E-state index in [9.17, 15) is 19.5 Å². The lowest BCUT2D eigenvalue weighted by molar-refractivity contribution is -0.148. The Kier molecular flexibility index (Phi) is 9.15. The van der Waals surface area contributed by atoms with Crippen LogP contribution >= 0.6 is 0 Å². The van der Waals surface area contributed by atoms with Crippen molar-refractivity contribution in [2.45, 2.75) is 51.9 Å². The van der Waals surface area contributed by atoms with Crippen molar-refractivity contribution in [2.24, 2.45) is 11.8 Å². The van der Waals surface area contributed by atoms with E-state index in [2.05, 4.69) is 15.6 Å². The summed E-state index contributed by atoms with van der Waals surface area (Å²) in [5.41, 5.74) is 0.232. The predicted molar refractivity (Wildman–Crippen MR) is 105 cm³/mol. The zero-order valence-electron chi connectivity index (χ0n) is 17.3. The highest BCUT2D eigenvalue weighted by atomic mass is 16.5. The topological polar surface area (TPSA) is 150 Å². The SMILES string of the molecule is COC(C)(C)[C@@H](NC(=O)[C@H](CC(C)C)[C@H](O)C(=O)NO)C(=O)Nc1ccccn1. The van der Waals surface area contributed by atoms with Crippen LogP contribution in [0.2, 0.25) is 0 Å². The first kappa shape index (κ1) is 24.5. The molecule has 0 spiro atoms. The Hall–Kier alpha value is -2.56. The summed E-state index contributed by atoms with van der Waals surface area (Å²) >= 11 is 0. The van der Waals surface area contributed by atoms with Crippen LogP contribution in [0.3, 0.4) is 0 Å². The van der Waals surface area contributed by atoms with Crippen molar-refractivity contribution in [2.75, 3.05) is 12.4 Å². The number of anilines is 1.